The average molecular weight is 295 g/mol. The maximum atomic E-state index is 12.1. The van der Waals surface area contributed by atoms with E-state index in [-0.39, 0.29) is 29.6 Å². The molecular weight excluding hydrogens is 284 g/mol. The van der Waals surface area contributed by atoms with Crippen LogP contribution in [0.15, 0.2) is 11.0 Å². The minimum Gasteiger partial charge on any atom is -0.367 e. The third kappa shape index (κ3) is 2.38. The summed E-state index contributed by atoms with van der Waals surface area (Å²) in [6.07, 6.45) is 6.36. The second-order valence-corrected chi connectivity index (χ2v) is 4.63. The van der Waals surface area contributed by atoms with Gasteiger partial charge in [0.05, 0.1) is 17.6 Å². The Morgan fingerprint density at radius 2 is 2.25 bits per heavy atom. The summed E-state index contributed by atoms with van der Waals surface area (Å²) in [5, 5.41) is 6.55. The number of carbonyl (C=O) groups excluding carboxylic acids is 2. The molecule has 0 radical (unpaired) electrons. The highest BCUT2D eigenvalue weighted by Crippen LogP contribution is 2.20. The van der Waals surface area contributed by atoms with Crippen molar-refractivity contribution in [1.29, 1.82) is 0 Å². The largest absolute Gasteiger partial charge is 0.367 e. The number of anilines is 1. The Hall–Kier alpha value is -2.33. The molecular formula is C12H11ClN4O3. The van der Waals surface area contributed by atoms with Gasteiger partial charge < -0.3 is 5.32 Å². The second-order valence-electron chi connectivity index (χ2n) is 4.23. The lowest BCUT2D eigenvalue weighted by molar-refractivity contribution is -0.136. The molecule has 1 aromatic rings. The van der Waals surface area contributed by atoms with Crippen LogP contribution < -0.4 is 10.9 Å². The summed E-state index contributed by atoms with van der Waals surface area (Å²) in [5.41, 5.74) is -0.524. The number of likely N-dealkylation sites (tertiary alicyclic amines) is 1. The van der Waals surface area contributed by atoms with Crippen LogP contribution >= 0.6 is 11.6 Å². The molecule has 2 amide bonds. The van der Waals surface area contributed by atoms with Crippen LogP contribution in [-0.4, -0.2) is 39.6 Å². The molecule has 0 aliphatic carbocycles. The predicted octanol–water partition coefficient (Wildman–Crippen LogP) is -0.301. The second kappa shape index (κ2) is 5.35. The molecule has 0 aromatic carbocycles. The van der Waals surface area contributed by atoms with Crippen LogP contribution in [0.4, 0.5) is 5.69 Å². The van der Waals surface area contributed by atoms with Crippen molar-refractivity contribution in [2.75, 3.05) is 12.4 Å². The lowest BCUT2D eigenvalue weighted by Gasteiger charge is -2.13. The first kappa shape index (κ1) is 14.1. The quantitative estimate of drug-likeness (QED) is 0.611. The van der Waals surface area contributed by atoms with E-state index in [0.29, 0.717) is 0 Å². The number of nitrogens with one attached hydrogen (secondary N) is 1. The SMILES string of the molecule is C#CCn1ncc(Cl)c(NC2CC(=O)N(C)C2=O)c1=O. The van der Waals surface area contributed by atoms with Crippen molar-refractivity contribution in [1.82, 2.24) is 14.7 Å². The Labute approximate surface area is 119 Å². The number of hydrogen-bond acceptors (Lipinski definition) is 5. The molecule has 1 aliphatic heterocycles. The number of imide groups is 1. The van der Waals surface area contributed by atoms with Gasteiger partial charge in [-0.2, -0.15) is 5.10 Å². The van der Waals surface area contributed by atoms with Crippen LogP contribution in [0.25, 0.3) is 0 Å². The highest BCUT2D eigenvalue weighted by atomic mass is 35.5. The van der Waals surface area contributed by atoms with Gasteiger partial charge in [-0.15, -0.1) is 6.42 Å². The molecule has 1 atom stereocenters. The Bertz CT molecular complexity index is 676. The number of likely N-dealkylation sites (N-methyl/N-ethyl adjacent to an activating group) is 1. The number of amides is 2. The fraction of sp³-hybridized carbons (Fsp3) is 0.333. The van der Waals surface area contributed by atoms with E-state index in [1.54, 1.807) is 0 Å². The van der Waals surface area contributed by atoms with Crippen LogP contribution in [0.2, 0.25) is 5.02 Å². The molecule has 7 nitrogen and oxygen atoms in total. The molecule has 0 spiro atoms. The topological polar surface area (TPSA) is 84.3 Å². The van der Waals surface area contributed by atoms with E-state index in [2.05, 4.69) is 16.3 Å². The molecule has 1 aromatic heterocycles. The van der Waals surface area contributed by atoms with E-state index < -0.39 is 17.5 Å². The molecule has 1 fully saturated rings. The van der Waals surface area contributed by atoms with Crippen LogP contribution in [0.1, 0.15) is 6.42 Å². The first-order valence-corrected chi connectivity index (χ1v) is 6.09. The van der Waals surface area contributed by atoms with E-state index in [1.165, 1.54) is 13.2 Å². The van der Waals surface area contributed by atoms with Gasteiger partial charge in [0.15, 0.2) is 0 Å². The molecule has 2 heterocycles. The van der Waals surface area contributed by atoms with Crippen molar-refractivity contribution in [2.24, 2.45) is 0 Å². The standard InChI is InChI=1S/C12H11ClN4O3/c1-3-4-17-12(20)10(7(13)6-14-17)15-8-5-9(18)16(2)11(8)19/h1,6,8,15H,4-5H2,2H3. The number of halogens is 1. The van der Waals surface area contributed by atoms with E-state index in [9.17, 15) is 14.4 Å². The van der Waals surface area contributed by atoms with Gasteiger partial charge in [-0.05, 0) is 0 Å². The van der Waals surface area contributed by atoms with E-state index in [0.717, 1.165) is 9.58 Å². The molecule has 1 N–H and O–H groups in total. The van der Waals surface area contributed by atoms with Gasteiger partial charge in [0.25, 0.3) is 11.5 Å². The third-order valence-electron chi connectivity index (χ3n) is 2.94. The summed E-state index contributed by atoms with van der Waals surface area (Å²) in [6, 6.07) is -0.806. The molecule has 8 heteroatoms. The molecule has 0 saturated carbocycles. The van der Waals surface area contributed by atoms with Gasteiger partial charge in [-0.1, -0.05) is 17.5 Å². The zero-order valence-corrected chi connectivity index (χ0v) is 11.3. The van der Waals surface area contributed by atoms with Crippen molar-refractivity contribution in [3.8, 4) is 12.3 Å². The van der Waals surface area contributed by atoms with E-state index in [1.807, 2.05) is 0 Å². The summed E-state index contributed by atoms with van der Waals surface area (Å²) >= 11 is 5.90. The maximum absolute atomic E-state index is 12.1. The van der Waals surface area contributed by atoms with E-state index in [4.69, 9.17) is 18.0 Å². The van der Waals surface area contributed by atoms with Gasteiger partial charge in [-0.25, -0.2) is 4.68 Å². The number of nitrogens with zero attached hydrogens (tertiary/aromatic N) is 3. The molecule has 2 rings (SSSR count). The van der Waals surface area contributed by atoms with Crippen LogP contribution in [0.5, 0.6) is 0 Å². The fourth-order valence-corrected chi connectivity index (χ4v) is 2.02. The van der Waals surface area contributed by atoms with Gasteiger partial charge in [0.1, 0.15) is 18.3 Å². The summed E-state index contributed by atoms with van der Waals surface area (Å²) in [6.45, 7) is -0.0118. The zero-order valence-electron chi connectivity index (χ0n) is 10.6. The lowest BCUT2D eigenvalue weighted by atomic mass is 10.2. The Morgan fingerprint density at radius 3 is 2.80 bits per heavy atom. The smallest absolute Gasteiger partial charge is 0.292 e. The van der Waals surface area contributed by atoms with Crippen molar-refractivity contribution in [3.05, 3.63) is 21.6 Å². The van der Waals surface area contributed by atoms with E-state index >= 15 is 0 Å². The first-order chi connectivity index (χ1) is 9.45. The molecule has 1 aliphatic rings. The van der Waals surface area contributed by atoms with Crippen molar-refractivity contribution < 1.29 is 9.59 Å². The Kier molecular flexibility index (Phi) is 3.77. The summed E-state index contributed by atoms with van der Waals surface area (Å²) in [4.78, 5) is 36.3. The van der Waals surface area contributed by atoms with Gasteiger partial charge in [0.2, 0.25) is 5.91 Å². The minimum atomic E-state index is -0.806. The average Bonchev–Trinajstić information content (AvgIpc) is 2.65. The number of hydrogen-bond donors (Lipinski definition) is 1. The molecule has 104 valence electrons. The maximum Gasteiger partial charge on any atom is 0.292 e. The first-order valence-electron chi connectivity index (χ1n) is 5.71. The predicted molar refractivity (Wildman–Crippen MR) is 72.1 cm³/mol. The van der Waals surface area contributed by atoms with Crippen molar-refractivity contribution in [2.45, 2.75) is 19.0 Å². The Morgan fingerprint density at radius 1 is 1.55 bits per heavy atom. The molecule has 0 bridgehead atoms. The van der Waals surface area contributed by atoms with Gasteiger partial charge >= 0.3 is 0 Å². The van der Waals surface area contributed by atoms with Gasteiger partial charge in [-0.3, -0.25) is 19.3 Å². The lowest BCUT2D eigenvalue weighted by Crippen LogP contribution is -2.35. The number of aromatic nitrogens is 2. The number of terminal acetylenes is 1. The molecule has 20 heavy (non-hydrogen) atoms. The monoisotopic (exact) mass is 294 g/mol. The summed E-state index contributed by atoms with van der Waals surface area (Å²) < 4.78 is 1.04. The van der Waals surface area contributed by atoms with Crippen molar-refractivity contribution >= 4 is 29.1 Å². The van der Waals surface area contributed by atoms with Crippen LogP contribution in [0.3, 0.4) is 0 Å². The summed E-state index contributed by atoms with van der Waals surface area (Å²) in [5.74, 6) is 1.56. The third-order valence-corrected chi connectivity index (χ3v) is 3.23. The van der Waals surface area contributed by atoms with Gasteiger partial charge in [0, 0.05) is 7.05 Å². The molecule has 1 saturated heterocycles. The Balaban J connectivity index is 2.33. The number of carbonyl (C=O) groups is 2. The molecule has 1 unspecified atom stereocenters. The number of rotatable bonds is 3. The summed E-state index contributed by atoms with van der Waals surface area (Å²) in [7, 11) is 1.39. The van der Waals surface area contributed by atoms with Crippen molar-refractivity contribution in [3.63, 3.8) is 0 Å². The fourth-order valence-electron chi connectivity index (χ4n) is 1.84. The highest BCUT2D eigenvalue weighted by Gasteiger charge is 2.36. The van der Waals surface area contributed by atoms with Crippen LogP contribution in [-0.2, 0) is 16.1 Å². The normalized spacial score (nSPS) is 18.2. The minimum absolute atomic E-state index is 0.0118. The van der Waals surface area contributed by atoms with Crippen LogP contribution in [0, 0.1) is 12.3 Å². The highest BCUT2D eigenvalue weighted by molar-refractivity contribution is 6.33. The zero-order chi connectivity index (χ0) is 14.9.